The van der Waals surface area contributed by atoms with Crippen molar-refractivity contribution >= 4 is 11.6 Å². The van der Waals surface area contributed by atoms with Crippen LogP contribution in [0, 0.1) is 12.8 Å². The van der Waals surface area contributed by atoms with E-state index in [1.807, 2.05) is 0 Å². The summed E-state index contributed by atoms with van der Waals surface area (Å²) >= 11 is 0. The minimum Gasteiger partial charge on any atom is -0.469 e. The molecule has 2 rings (SSSR count). The molecule has 4 heteroatoms. The number of aryl methyl sites for hydroxylation is 1. The molecule has 1 fully saturated rings. The predicted molar refractivity (Wildman–Crippen MR) is 66.0 cm³/mol. The average molecular weight is 234 g/mol. The molecule has 1 heterocycles. The fourth-order valence-electron chi connectivity index (χ4n) is 2.29. The van der Waals surface area contributed by atoms with E-state index in [-0.39, 0.29) is 5.91 Å². The Morgan fingerprint density at radius 2 is 2.47 bits per heavy atom. The van der Waals surface area contributed by atoms with Gasteiger partial charge in [0.15, 0.2) is 0 Å². The van der Waals surface area contributed by atoms with Crippen LogP contribution >= 0.6 is 0 Å². The van der Waals surface area contributed by atoms with Gasteiger partial charge in [-0.2, -0.15) is 5.10 Å². The Balaban J connectivity index is 2.00. The largest absolute Gasteiger partial charge is 0.469 e. The molecule has 1 amide bonds. The van der Waals surface area contributed by atoms with Gasteiger partial charge in [0.2, 0.25) is 0 Å². The molecule has 0 saturated heterocycles. The first kappa shape index (κ1) is 11.9. The Bertz CT molecular complexity index is 434. The summed E-state index contributed by atoms with van der Waals surface area (Å²) in [5.41, 5.74) is 4.30. The molecule has 1 N–H and O–H groups in total. The normalized spacial score (nSPS) is 22.0. The highest BCUT2D eigenvalue weighted by Crippen LogP contribution is 2.24. The van der Waals surface area contributed by atoms with E-state index in [0.29, 0.717) is 17.2 Å². The molecule has 1 aliphatic rings. The summed E-state index contributed by atoms with van der Waals surface area (Å²) in [5, 5.41) is 4.25. The van der Waals surface area contributed by atoms with Gasteiger partial charge in [0, 0.05) is 5.71 Å². The number of hydrogen-bond acceptors (Lipinski definition) is 3. The number of hydrazone groups is 1. The predicted octanol–water partition coefficient (Wildman–Crippen LogP) is 2.88. The minimum absolute atomic E-state index is 0.189. The summed E-state index contributed by atoms with van der Waals surface area (Å²) in [6.07, 6.45) is 5.98. The van der Waals surface area contributed by atoms with Crippen LogP contribution in [0.1, 0.15) is 48.7 Å². The van der Waals surface area contributed by atoms with Crippen LogP contribution < -0.4 is 5.43 Å². The molecule has 0 radical (unpaired) electrons. The van der Waals surface area contributed by atoms with Crippen LogP contribution in [0.5, 0.6) is 0 Å². The molecule has 0 aliphatic heterocycles. The molecule has 0 aromatic carbocycles. The molecule has 4 nitrogen and oxygen atoms in total. The minimum atomic E-state index is -0.189. The van der Waals surface area contributed by atoms with Gasteiger partial charge in [-0.1, -0.05) is 6.92 Å². The van der Waals surface area contributed by atoms with Crippen LogP contribution in [0.2, 0.25) is 0 Å². The molecule has 1 saturated carbocycles. The Kier molecular flexibility index (Phi) is 3.61. The van der Waals surface area contributed by atoms with Gasteiger partial charge < -0.3 is 4.42 Å². The third-order valence-corrected chi connectivity index (χ3v) is 3.35. The highest BCUT2D eigenvalue weighted by atomic mass is 16.3. The van der Waals surface area contributed by atoms with E-state index in [1.165, 1.54) is 19.1 Å². The van der Waals surface area contributed by atoms with Crippen molar-refractivity contribution in [3.05, 3.63) is 23.7 Å². The van der Waals surface area contributed by atoms with Crippen molar-refractivity contribution in [1.29, 1.82) is 0 Å². The number of furan rings is 1. The first-order valence-corrected chi connectivity index (χ1v) is 6.13. The van der Waals surface area contributed by atoms with Crippen molar-refractivity contribution in [3.63, 3.8) is 0 Å². The molecule has 17 heavy (non-hydrogen) atoms. The van der Waals surface area contributed by atoms with E-state index in [2.05, 4.69) is 17.5 Å². The molecule has 1 aromatic heterocycles. The summed E-state index contributed by atoms with van der Waals surface area (Å²) in [4.78, 5) is 11.8. The van der Waals surface area contributed by atoms with Crippen LogP contribution in [0.15, 0.2) is 21.8 Å². The fraction of sp³-hybridized carbons (Fsp3) is 0.538. The summed E-state index contributed by atoms with van der Waals surface area (Å²) in [6.45, 7) is 3.93. The number of hydrogen-bond donors (Lipinski definition) is 1. The topological polar surface area (TPSA) is 54.6 Å². The number of amides is 1. The van der Waals surface area contributed by atoms with Gasteiger partial charge in [-0.05, 0) is 44.6 Å². The second-order valence-corrected chi connectivity index (χ2v) is 4.43. The van der Waals surface area contributed by atoms with E-state index in [4.69, 9.17) is 4.42 Å². The lowest BCUT2D eigenvalue weighted by Gasteiger charge is -2.07. The fourth-order valence-corrected chi connectivity index (χ4v) is 2.29. The highest BCUT2D eigenvalue weighted by Gasteiger charge is 2.21. The van der Waals surface area contributed by atoms with E-state index >= 15 is 0 Å². The first-order valence-electron chi connectivity index (χ1n) is 6.13. The Morgan fingerprint density at radius 3 is 3.12 bits per heavy atom. The van der Waals surface area contributed by atoms with Crippen molar-refractivity contribution in [1.82, 2.24) is 5.43 Å². The van der Waals surface area contributed by atoms with Gasteiger partial charge in [0.1, 0.15) is 5.76 Å². The smallest absolute Gasteiger partial charge is 0.274 e. The van der Waals surface area contributed by atoms with Gasteiger partial charge in [0.25, 0.3) is 5.91 Å². The highest BCUT2D eigenvalue weighted by molar-refractivity contribution is 5.96. The quantitative estimate of drug-likeness (QED) is 0.817. The molecule has 1 aliphatic carbocycles. The second kappa shape index (κ2) is 5.17. The van der Waals surface area contributed by atoms with Crippen LogP contribution in [0.4, 0.5) is 0 Å². The summed E-state index contributed by atoms with van der Waals surface area (Å²) in [5.74, 6) is 0.979. The number of rotatable bonds is 3. The van der Waals surface area contributed by atoms with E-state index in [0.717, 1.165) is 18.6 Å². The number of carbonyl (C=O) groups excluding carboxylic acids is 1. The van der Waals surface area contributed by atoms with Gasteiger partial charge in [-0.15, -0.1) is 0 Å². The third kappa shape index (κ3) is 2.57. The lowest BCUT2D eigenvalue weighted by atomic mass is 10.0. The van der Waals surface area contributed by atoms with Gasteiger partial charge >= 0.3 is 0 Å². The lowest BCUT2D eigenvalue weighted by Crippen LogP contribution is -2.21. The zero-order valence-electron chi connectivity index (χ0n) is 10.3. The maximum absolute atomic E-state index is 11.8. The van der Waals surface area contributed by atoms with Gasteiger partial charge in [-0.3, -0.25) is 4.79 Å². The van der Waals surface area contributed by atoms with Crippen LogP contribution in [0.25, 0.3) is 0 Å². The third-order valence-electron chi connectivity index (χ3n) is 3.35. The molecule has 1 aromatic rings. The molecule has 0 bridgehead atoms. The van der Waals surface area contributed by atoms with Crippen LogP contribution in [-0.2, 0) is 0 Å². The summed E-state index contributed by atoms with van der Waals surface area (Å²) < 4.78 is 5.09. The van der Waals surface area contributed by atoms with Gasteiger partial charge in [-0.25, -0.2) is 5.43 Å². The molecule has 1 atom stereocenters. The Hall–Kier alpha value is -1.58. The second-order valence-electron chi connectivity index (χ2n) is 4.43. The number of nitrogens with zero attached hydrogens (tertiary/aromatic N) is 1. The molecule has 0 spiro atoms. The van der Waals surface area contributed by atoms with E-state index < -0.39 is 0 Å². The van der Waals surface area contributed by atoms with Gasteiger partial charge in [0.05, 0.1) is 11.8 Å². The Morgan fingerprint density at radius 1 is 1.65 bits per heavy atom. The zero-order valence-corrected chi connectivity index (χ0v) is 10.3. The number of carbonyl (C=O) groups is 1. The standard InChI is InChI=1S/C13H18N2O2/c1-3-10-5-4-6-12(10)14-15-13(16)11-7-8-17-9(11)2/h7-8,10H,3-6H2,1-2H3,(H,15,16)/b14-12-/t10-/m1/s1. The number of nitrogens with one attached hydrogen (secondary N) is 1. The molecule has 92 valence electrons. The summed E-state index contributed by atoms with van der Waals surface area (Å²) in [7, 11) is 0. The lowest BCUT2D eigenvalue weighted by molar-refractivity contribution is 0.0953. The van der Waals surface area contributed by atoms with Crippen molar-refractivity contribution < 1.29 is 9.21 Å². The first-order chi connectivity index (χ1) is 8.22. The van der Waals surface area contributed by atoms with Crippen molar-refractivity contribution in [2.45, 2.75) is 39.5 Å². The van der Waals surface area contributed by atoms with Crippen LogP contribution in [0.3, 0.4) is 0 Å². The SMILES string of the molecule is CC[C@@H]1CCC/C1=N/NC(=O)c1ccoc1C. The zero-order chi connectivity index (χ0) is 12.3. The van der Waals surface area contributed by atoms with Crippen molar-refractivity contribution in [2.24, 2.45) is 11.0 Å². The summed E-state index contributed by atoms with van der Waals surface area (Å²) in [6, 6.07) is 1.66. The van der Waals surface area contributed by atoms with Crippen molar-refractivity contribution in [2.75, 3.05) is 0 Å². The molecular weight excluding hydrogens is 216 g/mol. The maximum atomic E-state index is 11.8. The molecular formula is C13H18N2O2. The average Bonchev–Trinajstić information content (AvgIpc) is 2.94. The van der Waals surface area contributed by atoms with Crippen molar-refractivity contribution in [3.8, 4) is 0 Å². The van der Waals surface area contributed by atoms with E-state index in [9.17, 15) is 4.79 Å². The molecule has 0 unspecified atom stereocenters. The maximum Gasteiger partial charge on any atom is 0.274 e. The van der Waals surface area contributed by atoms with Crippen LogP contribution in [-0.4, -0.2) is 11.6 Å². The van der Waals surface area contributed by atoms with E-state index in [1.54, 1.807) is 13.0 Å². The Labute approximate surface area is 101 Å². The monoisotopic (exact) mass is 234 g/mol.